The van der Waals surface area contributed by atoms with Crippen LogP contribution in [-0.2, 0) is 14.4 Å². The normalized spacial score (nSPS) is 13.0. The summed E-state index contributed by atoms with van der Waals surface area (Å²) in [5.41, 5.74) is -0.0663. The van der Waals surface area contributed by atoms with E-state index in [1.165, 1.54) is 25.0 Å². The van der Waals surface area contributed by atoms with Crippen LogP contribution in [0.4, 0.5) is 13.2 Å². The Morgan fingerprint density at radius 1 is 1.08 bits per heavy atom. The lowest BCUT2D eigenvalue weighted by Gasteiger charge is -2.24. The van der Waals surface area contributed by atoms with Crippen LogP contribution in [0.3, 0.4) is 0 Å². The maximum atomic E-state index is 11.6. The second-order valence-corrected chi connectivity index (χ2v) is 7.37. The molecule has 0 heterocycles. The number of halogens is 3. The molecular weight excluding hydrogens is 347 g/mol. The van der Waals surface area contributed by atoms with E-state index in [0.29, 0.717) is 12.3 Å². The van der Waals surface area contributed by atoms with Gasteiger partial charge in [0.1, 0.15) is 0 Å². The Bertz CT molecular complexity index is 355. The van der Waals surface area contributed by atoms with E-state index in [1.54, 1.807) is 7.05 Å². The van der Waals surface area contributed by atoms with Gasteiger partial charge in [0, 0.05) is 19.9 Å². The summed E-state index contributed by atoms with van der Waals surface area (Å²) in [7, 11) is 3.17. The minimum absolute atomic E-state index is 0.0467. The molecule has 0 spiro atoms. The molecule has 158 valence electrons. The third-order valence-electron chi connectivity index (χ3n) is 3.73. The first-order valence-corrected chi connectivity index (χ1v) is 9.37. The standard InChI is InChI=1S/C16H33NO3.C3H5F3/c1-7-10-14(13-20-16(2,3)4)11-8-9-12-15(18)17(5)19-6;1-2-3(4,5)6/h14H,7-13H2,1-6H3;2H2,1H3. The van der Waals surface area contributed by atoms with E-state index in [4.69, 9.17) is 9.57 Å². The first-order chi connectivity index (χ1) is 11.9. The van der Waals surface area contributed by atoms with Gasteiger partial charge in [-0.05, 0) is 46.0 Å². The minimum Gasteiger partial charge on any atom is -0.376 e. The van der Waals surface area contributed by atoms with E-state index in [2.05, 4.69) is 27.7 Å². The van der Waals surface area contributed by atoms with Gasteiger partial charge < -0.3 is 4.74 Å². The first kappa shape index (κ1) is 27.4. The Hall–Kier alpha value is -0.820. The number of carbonyl (C=O) groups is 1. The SMILES string of the molecule is CCC(F)(F)F.CCCC(CCCCC(=O)N(C)OC)COC(C)(C)C. The Morgan fingerprint density at radius 3 is 2.00 bits per heavy atom. The van der Waals surface area contributed by atoms with Gasteiger partial charge in [0.05, 0.1) is 19.3 Å². The Labute approximate surface area is 157 Å². The number of amides is 1. The van der Waals surface area contributed by atoms with Gasteiger partial charge in [-0.2, -0.15) is 13.2 Å². The molecule has 0 aromatic carbocycles. The van der Waals surface area contributed by atoms with Crippen molar-refractivity contribution in [2.24, 2.45) is 5.92 Å². The molecule has 0 rings (SSSR count). The van der Waals surface area contributed by atoms with Crippen molar-refractivity contribution >= 4 is 5.91 Å². The van der Waals surface area contributed by atoms with Crippen LogP contribution in [0, 0.1) is 5.92 Å². The zero-order chi connectivity index (χ0) is 20.8. The van der Waals surface area contributed by atoms with Crippen molar-refractivity contribution in [1.29, 1.82) is 0 Å². The van der Waals surface area contributed by atoms with Gasteiger partial charge in [-0.3, -0.25) is 9.63 Å². The fourth-order valence-corrected chi connectivity index (χ4v) is 2.06. The van der Waals surface area contributed by atoms with E-state index in [9.17, 15) is 18.0 Å². The van der Waals surface area contributed by atoms with Crippen molar-refractivity contribution in [2.75, 3.05) is 20.8 Å². The zero-order valence-corrected chi connectivity index (χ0v) is 17.5. The van der Waals surface area contributed by atoms with Crippen LogP contribution in [0.2, 0.25) is 0 Å². The molecular formula is C19H38F3NO3. The van der Waals surface area contributed by atoms with E-state index in [1.807, 2.05) is 0 Å². The number of ether oxygens (including phenoxy) is 1. The minimum atomic E-state index is -3.96. The third kappa shape index (κ3) is 19.5. The topological polar surface area (TPSA) is 38.8 Å². The predicted molar refractivity (Wildman–Crippen MR) is 98.7 cm³/mol. The quantitative estimate of drug-likeness (QED) is 0.355. The molecule has 0 aromatic heterocycles. The number of hydroxylamine groups is 2. The molecule has 0 bridgehead atoms. The van der Waals surface area contributed by atoms with Crippen molar-refractivity contribution in [3.05, 3.63) is 0 Å². The lowest BCUT2D eigenvalue weighted by atomic mass is 9.97. The van der Waals surface area contributed by atoms with Crippen LogP contribution in [0.25, 0.3) is 0 Å². The fourth-order valence-electron chi connectivity index (χ4n) is 2.06. The van der Waals surface area contributed by atoms with E-state index in [0.717, 1.165) is 32.8 Å². The molecule has 0 N–H and O–H groups in total. The van der Waals surface area contributed by atoms with Crippen LogP contribution in [0.1, 0.15) is 79.6 Å². The molecule has 26 heavy (non-hydrogen) atoms. The van der Waals surface area contributed by atoms with Crippen molar-refractivity contribution in [3.63, 3.8) is 0 Å². The van der Waals surface area contributed by atoms with E-state index < -0.39 is 12.6 Å². The van der Waals surface area contributed by atoms with Gasteiger partial charge in [-0.1, -0.05) is 26.7 Å². The predicted octanol–water partition coefficient (Wildman–Crippen LogP) is 5.76. The van der Waals surface area contributed by atoms with Gasteiger partial charge in [0.2, 0.25) is 5.91 Å². The maximum Gasteiger partial charge on any atom is 0.388 e. The van der Waals surface area contributed by atoms with Gasteiger partial charge in [-0.25, -0.2) is 5.06 Å². The molecule has 0 saturated heterocycles. The van der Waals surface area contributed by atoms with E-state index in [-0.39, 0.29) is 11.5 Å². The number of nitrogens with zero attached hydrogens (tertiary/aromatic N) is 1. The Kier molecular flexibility index (Phi) is 15.0. The maximum absolute atomic E-state index is 11.6. The summed E-state index contributed by atoms with van der Waals surface area (Å²) in [6.07, 6.45) is 1.37. The highest BCUT2D eigenvalue weighted by Gasteiger charge is 2.22. The summed E-state index contributed by atoms with van der Waals surface area (Å²) in [6, 6.07) is 0. The largest absolute Gasteiger partial charge is 0.388 e. The average molecular weight is 386 g/mol. The number of alkyl halides is 3. The fraction of sp³-hybridized carbons (Fsp3) is 0.947. The van der Waals surface area contributed by atoms with Crippen molar-refractivity contribution in [3.8, 4) is 0 Å². The summed E-state index contributed by atoms with van der Waals surface area (Å²) in [6.45, 7) is 10.4. The van der Waals surface area contributed by atoms with Crippen LogP contribution in [0.5, 0.6) is 0 Å². The first-order valence-electron chi connectivity index (χ1n) is 9.37. The molecule has 0 aromatic rings. The van der Waals surface area contributed by atoms with Crippen LogP contribution in [-0.4, -0.2) is 43.5 Å². The second-order valence-electron chi connectivity index (χ2n) is 7.37. The lowest BCUT2D eigenvalue weighted by Crippen LogP contribution is -2.25. The van der Waals surface area contributed by atoms with Crippen LogP contribution < -0.4 is 0 Å². The van der Waals surface area contributed by atoms with Crippen LogP contribution in [0.15, 0.2) is 0 Å². The summed E-state index contributed by atoms with van der Waals surface area (Å²) in [5.74, 6) is 0.653. The molecule has 1 amide bonds. The molecule has 7 heteroatoms. The summed E-state index contributed by atoms with van der Waals surface area (Å²) < 4.78 is 38.2. The number of hydrogen-bond acceptors (Lipinski definition) is 3. The molecule has 0 radical (unpaired) electrons. The molecule has 0 aliphatic heterocycles. The van der Waals surface area contributed by atoms with Crippen molar-refractivity contribution < 1.29 is 27.5 Å². The number of carbonyl (C=O) groups excluding carboxylic acids is 1. The summed E-state index contributed by atoms with van der Waals surface area (Å²) in [4.78, 5) is 16.4. The van der Waals surface area contributed by atoms with Crippen molar-refractivity contribution in [1.82, 2.24) is 5.06 Å². The van der Waals surface area contributed by atoms with Gasteiger partial charge in [0.15, 0.2) is 0 Å². The smallest absolute Gasteiger partial charge is 0.376 e. The van der Waals surface area contributed by atoms with Gasteiger partial charge >= 0.3 is 6.18 Å². The number of rotatable bonds is 10. The number of hydrogen-bond donors (Lipinski definition) is 0. The average Bonchev–Trinajstić information content (AvgIpc) is 2.54. The van der Waals surface area contributed by atoms with Gasteiger partial charge in [0.25, 0.3) is 0 Å². The summed E-state index contributed by atoms with van der Waals surface area (Å²) in [5, 5.41) is 1.30. The monoisotopic (exact) mass is 385 g/mol. The highest BCUT2D eigenvalue weighted by Crippen LogP contribution is 2.19. The molecule has 0 fully saturated rings. The van der Waals surface area contributed by atoms with E-state index >= 15 is 0 Å². The molecule has 1 unspecified atom stereocenters. The second kappa shape index (κ2) is 14.3. The highest BCUT2D eigenvalue weighted by atomic mass is 19.4. The molecule has 4 nitrogen and oxygen atoms in total. The molecule has 1 atom stereocenters. The Balaban J connectivity index is 0. The third-order valence-corrected chi connectivity index (χ3v) is 3.73. The molecule has 0 aliphatic rings. The van der Waals surface area contributed by atoms with Gasteiger partial charge in [-0.15, -0.1) is 0 Å². The zero-order valence-electron chi connectivity index (χ0n) is 17.5. The molecule has 0 aliphatic carbocycles. The number of unbranched alkanes of at least 4 members (excludes halogenated alkanes) is 1. The van der Waals surface area contributed by atoms with Crippen LogP contribution >= 0.6 is 0 Å². The Morgan fingerprint density at radius 2 is 1.62 bits per heavy atom. The summed E-state index contributed by atoms with van der Waals surface area (Å²) >= 11 is 0. The lowest BCUT2D eigenvalue weighted by molar-refractivity contribution is -0.168. The van der Waals surface area contributed by atoms with Crippen molar-refractivity contribution in [2.45, 2.75) is 91.3 Å². The highest BCUT2D eigenvalue weighted by molar-refractivity contribution is 5.74. The molecule has 0 saturated carbocycles.